The number of nitrogens with zero attached hydrogens (tertiary/aromatic N) is 1. The van der Waals surface area contributed by atoms with Crippen molar-refractivity contribution in [1.29, 1.82) is 0 Å². The molecule has 4 nitrogen and oxygen atoms in total. The van der Waals surface area contributed by atoms with Gasteiger partial charge in [0.15, 0.2) is 7.14 Å². The van der Waals surface area contributed by atoms with E-state index in [1.165, 1.54) is 48.5 Å². The number of halogens is 6. The van der Waals surface area contributed by atoms with E-state index in [0.29, 0.717) is 0 Å². The van der Waals surface area contributed by atoms with Gasteiger partial charge in [0, 0.05) is 10.6 Å². The predicted molar refractivity (Wildman–Crippen MR) is 101 cm³/mol. The van der Waals surface area contributed by atoms with E-state index in [4.69, 9.17) is 0 Å². The van der Waals surface area contributed by atoms with Gasteiger partial charge >= 0.3 is 24.0 Å². The highest BCUT2D eigenvalue weighted by Gasteiger charge is 2.83. The topological polar surface area (TPSA) is 46.6 Å². The van der Waals surface area contributed by atoms with E-state index in [9.17, 15) is 35.7 Å². The summed E-state index contributed by atoms with van der Waals surface area (Å²) < 4.78 is 102. The van der Waals surface area contributed by atoms with Gasteiger partial charge in [-0.05, 0) is 13.8 Å². The van der Waals surface area contributed by atoms with E-state index < -0.39 is 43.0 Å². The van der Waals surface area contributed by atoms with Gasteiger partial charge < -0.3 is 9.30 Å². The molecule has 0 saturated carbocycles. The van der Waals surface area contributed by atoms with Crippen LogP contribution in [0.3, 0.4) is 0 Å². The molecule has 2 aromatic rings. The van der Waals surface area contributed by atoms with Crippen molar-refractivity contribution in [2.24, 2.45) is 0 Å². The third-order valence-corrected chi connectivity index (χ3v) is 8.20. The van der Waals surface area contributed by atoms with Crippen molar-refractivity contribution in [2.75, 3.05) is 6.29 Å². The van der Waals surface area contributed by atoms with Gasteiger partial charge in [0.1, 0.15) is 5.54 Å². The van der Waals surface area contributed by atoms with E-state index in [1.807, 2.05) is 0 Å². The highest BCUT2D eigenvalue weighted by Crippen LogP contribution is 2.58. The maximum absolute atomic E-state index is 14.2. The van der Waals surface area contributed by atoms with Crippen molar-refractivity contribution in [3.8, 4) is 0 Å². The summed E-state index contributed by atoms with van der Waals surface area (Å²) in [6.45, 7) is 1.77. The highest BCUT2D eigenvalue weighted by molar-refractivity contribution is 7.78. The minimum Gasteiger partial charge on any atom is -0.423 e. The summed E-state index contributed by atoms with van der Waals surface area (Å²) in [5, 5.41) is 0.101. The molecule has 0 aromatic heterocycles. The molecule has 1 aliphatic heterocycles. The number of cyclic esters (lactones) is 1. The van der Waals surface area contributed by atoms with Crippen LogP contribution >= 0.6 is 7.14 Å². The van der Waals surface area contributed by atoms with Gasteiger partial charge in [-0.25, -0.2) is 9.69 Å². The van der Waals surface area contributed by atoms with Gasteiger partial charge in [-0.3, -0.25) is 0 Å². The SMILES string of the molecule is CC1(C)C(=O)OC(C(F)(F)F)(C(F)(F)F)N1CP(=O)(c1ccccc1)c1ccccc1. The summed E-state index contributed by atoms with van der Waals surface area (Å²) in [7, 11) is -4.10. The summed E-state index contributed by atoms with van der Waals surface area (Å²) in [6, 6.07) is 14.5. The second kappa shape index (κ2) is 7.38. The first kappa shape index (κ1) is 23.3. The van der Waals surface area contributed by atoms with Crippen LogP contribution in [0.25, 0.3) is 0 Å². The molecule has 1 saturated heterocycles. The lowest BCUT2D eigenvalue weighted by Gasteiger charge is -2.42. The Morgan fingerprint density at radius 3 is 1.58 bits per heavy atom. The Bertz CT molecular complexity index is 948. The Balaban J connectivity index is 2.28. The summed E-state index contributed by atoms with van der Waals surface area (Å²) >= 11 is 0. The van der Waals surface area contributed by atoms with Crippen LogP contribution < -0.4 is 10.6 Å². The second-order valence-electron chi connectivity index (χ2n) is 7.57. The second-order valence-corrected chi connectivity index (χ2v) is 10.4. The average Bonchev–Trinajstić information content (AvgIpc) is 2.90. The van der Waals surface area contributed by atoms with Gasteiger partial charge in [0.05, 0.1) is 6.29 Å². The smallest absolute Gasteiger partial charge is 0.423 e. The van der Waals surface area contributed by atoms with E-state index in [-0.39, 0.29) is 15.5 Å². The molecule has 0 unspecified atom stereocenters. The lowest BCUT2D eigenvalue weighted by atomic mass is 10.0. The van der Waals surface area contributed by atoms with Crippen LogP contribution in [0.15, 0.2) is 60.7 Å². The molecule has 0 bridgehead atoms. The fourth-order valence-corrected chi connectivity index (χ4v) is 6.41. The van der Waals surface area contributed by atoms with Crippen LogP contribution in [-0.2, 0) is 14.1 Å². The lowest BCUT2D eigenvalue weighted by molar-refractivity contribution is -0.401. The summed E-state index contributed by atoms with van der Waals surface area (Å²) in [5.41, 5.74) is -7.29. The van der Waals surface area contributed by atoms with Gasteiger partial charge in [0.25, 0.3) is 0 Å². The molecule has 168 valence electrons. The zero-order valence-electron chi connectivity index (χ0n) is 16.4. The van der Waals surface area contributed by atoms with Crippen LogP contribution in [-0.4, -0.2) is 40.8 Å². The van der Waals surface area contributed by atoms with Crippen LogP contribution in [0.1, 0.15) is 13.8 Å². The van der Waals surface area contributed by atoms with Crippen molar-refractivity contribution in [2.45, 2.75) is 37.5 Å². The molecule has 0 spiro atoms. The van der Waals surface area contributed by atoms with Gasteiger partial charge in [-0.2, -0.15) is 26.3 Å². The third kappa shape index (κ3) is 3.55. The van der Waals surface area contributed by atoms with Crippen LogP contribution in [0.5, 0.6) is 0 Å². The summed E-state index contributed by atoms with van der Waals surface area (Å²) in [4.78, 5) is 12.1. The van der Waals surface area contributed by atoms with Crippen LogP contribution in [0.4, 0.5) is 26.3 Å². The molecule has 3 rings (SSSR count). The molecule has 0 atom stereocenters. The Morgan fingerprint density at radius 1 is 0.839 bits per heavy atom. The maximum atomic E-state index is 14.2. The number of ether oxygens (including phenoxy) is 1. The first-order valence-electron chi connectivity index (χ1n) is 9.03. The molecule has 0 amide bonds. The minimum atomic E-state index is -6.03. The van der Waals surface area contributed by atoms with Crippen LogP contribution in [0.2, 0.25) is 0 Å². The zero-order valence-corrected chi connectivity index (χ0v) is 17.3. The fraction of sp³-hybridized carbons (Fsp3) is 0.350. The molecule has 0 radical (unpaired) electrons. The molecule has 0 aliphatic carbocycles. The number of alkyl halides is 6. The third-order valence-electron chi connectivity index (χ3n) is 5.25. The largest absolute Gasteiger partial charge is 0.453 e. The zero-order chi connectivity index (χ0) is 23.3. The monoisotopic (exact) mass is 465 g/mol. The highest BCUT2D eigenvalue weighted by atomic mass is 31.2. The Kier molecular flexibility index (Phi) is 5.56. The number of rotatable bonds is 4. The predicted octanol–water partition coefficient (Wildman–Crippen LogP) is 4.42. The Morgan fingerprint density at radius 2 is 1.23 bits per heavy atom. The Labute approximate surface area is 174 Å². The van der Waals surface area contributed by atoms with Gasteiger partial charge in [-0.15, -0.1) is 0 Å². The molecule has 0 N–H and O–H groups in total. The molecule has 11 heteroatoms. The standard InChI is InChI=1S/C20H18F6NO3P/c1-17(2)16(28)30-18(19(21,22)23,20(24,25)26)27(17)13-31(29,14-9-5-3-6-10-14)15-11-7-4-8-12-15/h3-12H,13H2,1-2H3. The normalized spacial score (nSPS) is 19.3. The molecule has 1 heterocycles. The fourth-order valence-electron chi connectivity index (χ4n) is 3.53. The van der Waals surface area contributed by atoms with E-state index >= 15 is 0 Å². The van der Waals surface area contributed by atoms with E-state index in [2.05, 4.69) is 4.74 Å². The molecule has 1 aliphatic rings. The molecule has 31 heavy (non-hydrogen) atoms. The number of hydrogen-bond acceptors (Lipinski definition) is 4. The first-order valence-corrected chi connectivity index (χ1v) is 10.9. The molecule has 1 fully saturated rings. The molecule has 2 aromatic carbocycles. The average molecular weight is 465 g/mol. The lowest BCUT2D eigenvalue weighted by Crippen LogP contribution is -2.68. The van der Waals surface area contributed by atoms with Crippen molar-refractivity contribution in [1.82, 2.24) is 4.90 Å². The van der Waals surface area contributed by atoms with E-state index in [0.717, 1.165) is 13.8 Å². The van der Waals surface area contributed by atoms with Crippen LogP contribution in [0, 0.1) is 0 Å². The summed E-state index contributed by atoms with van der Waals surface area (Å²) in [6.07, 6.45) is -13.3. The molecular weight excluding hydrogens is 447 g/mol. The number of hydrogen-bond donors (Lipinski definition) is 0. The van der Waals surface area contributed by atoms with Crippen molar-refractivity contribution < 1.29 is 40.4 Å². The number of carbonyl (C=O) groups is 1. The molecular formula is C20H18F6NO3P. The number of benzene rings is 2. The van der Waals surface area contributed by atoms with Gasteiger partial charge in [0.2, 0.25) is 0 Å². The number of carbonyl (C=O) groups excluding carboxylic acids is 1. The first-order chi connectivity index (χ1) is 14.2. The quantitative estimate of drug-likeness (QED) is 0.381. The maximum Gasteiger partial charge on any atom is 0.453 e. The van der Waals surface area contributed by atoms with Crippen molar-refractivity contribution in [3.05, 3.63) is 60.7 Å². The van der Waals surface area contributed by atoms with E-state index in [1.54, 1.807) is 12.1 Å². The van der Waals surface area contributed by atoms with Crippen molar-refractivity contribution in [3.63, 3.8) is 0 Å². The van der Waals surface area contributed by atoms with Gasteiger partial charge in [-0.1, -0.05) is 60.7 Å². The summed E-state index contributed by atoms with van der Waals surface area (Å²) in [5.74, 6) is -1.71. The van der Waals surface area contributed by atoms with Crippen molar-refractivity contribution >= 4 is 23.7 Å². The minimum absolute atomic E-state index is 0.0506. The Hall–Kier alpha value is -2.32. The number of esters is 1.